The highest BCUT2D eigenvalue weighted by atomic mass is 32.1. The van der Waals surface area contributed by atoms with Gasteiger partial charge in [0.15, 0.2) is 0 Å². The number of aromatic nitrogens is 4. The summed E-state index contributed by atoms with van der Waals surface area (Å²) < 4.78 is 5.14. The Labute approximate surface area is 167 Å². The van der Waals surface area contributed by atoms with E-state index in [-0.39, 0.29) is 36.9 Å². The summed E-state index contributed by atoms with van der Waals surface area (Å²) in [6.45, 7) is -0.176. The SMILES string of the molecule is O=C(CCc1nc(-c2cccs2)no1)NCC(=O)Nc1ccc2[nH]c(=O)[nH]c2c1. The number of rotatable bonds is 7. The van der Waals surface area contributed by atoms with Gasteiger partial charge in [-0.2, -0.15) is 4.98 Å². The first-order chi connectivity index (χ1) is 14.1. The molecule has 148 valence electrons. The first-order valence-electron chi connectivity index (χ1n) is 8.72. The number of hydrogen-bond acceptors (Lipinski definition) is 7. The number of benzene rings is 1. The van der Waals surface area contributed by atoms with E-state index >= 15 is 0 Å². The van der Waals surface area contributed by atoms with Crippen LogP contribution in [-0.4, -0.2) is 38.5 Å². The lowest BCUT2D eigenvalue weighted by atomic mass is 10.2. The lowest BCUT2D eigenvalue weighted by molar-refractivity contribution is -0.124. The Morgan fingerprint density at radius 2 is 2.00 bits per heavy atom. The van der Waals surface area contributed by atoms with Gasteiger partial charge < -0.3 is 25.1 Å². The number of nitrogens with one attached hydrogen (secondary N) is 4. The second-order valence-electron chi connectivity index (χ2n) is 6.15. The van der Waals surface area contributed by atoms with Gasteiger partial charge in [-0.1, -0.05) is 11.2 Å². The van der Waals surface area contributed by atoms with Crippen molar-refractivity contribution in [3.05, 3.63) is 52.1 Å². The number of hydrogen-bond donors (Lipinski definition) is 4. The minimum absolute atomic E-state index is 0.121. The monoisotopic (exact) mass is 412 g/mol. The number of carbonyl (C=O) groups excluding carboxylic acids is 2. The zero-order valence-electron chi connectivity index (χ0n) is 15.0. The first kappa shape index (κ1) is 18.6. The molecule has 4 N–H and O–H groups in total. The van der Waals surface area contributed by atoms with Crippen molar-refractivity contribution in [1.82, 2.24) is 25.4 Å². The van der Waals surface area contributed by atoms with Gasteiger partial charge >= 0.3 is 5.69 Å². The van der Waals surface area contributed by atoms with Crippen LogP contribution < -0.4 is 16.3 Å². The van der Waals surface area contributed by atoms with Crippen molar-refractivity contribution in [3.8, 4) is 10.7 Å². The van der Waals surface area contributed by atoms with Crippen molar-refractivity contribution in [3.63, 3.8) is 0 Å². The summed E-state index contributed by atoms with van der Waals surface area (Å²) in [5.41, 5.74) is 1.42. The van der Waals surface area contributed by atoms with E-state index in [1.807, 2.05) is 17.5 Å². The third-order valence-electron chi connectivity index (χ3n) is 4.02. The molecule has 4 aromatic rings. The third kappa shape index (κ3) is 4.58. The number of amides is 2. The average Bonchev–Trinajstić information content (AvgIpc) is 3.43. The van der Waals surface area contributed by atoms with Gasteiger partial charge in [0.2, 0.25) is 23.5 Å². The van der Waals surface area contributed by atoms with Gasteiger partial charge in [0.1, 0.15) is 0 Å². The Morgan fingerprint density at radius 1 is 1.14 bits per heavy atom. The number of aryl methyl sites for hydroxylation is 1. The smallest absolute Gasteiger partial charge is 0.323 e. The molecule has 0 bridgehead atoms. The molecule has 1 aromatic carbocycles. The van der Waals surface area contributed by atoms with Crippen LogP contribution in [0.5, 0.6) is 0 Å². The van der Waals surface area contributed by atoms with Crippen molar-refractivity contribution in [1.29, 1.82) is 0 Å². The number of H-pyrrole nitrogens is 2. The lowest BCUT2D eigenvalue weighted by Crippen LogP contribution is -2.32. The molecule has 4 rings (SSSR count). The number of thiophene rings is 1. The van der Waals surface area contributed by atoms with Gasteiger partial charge in [0.25, 0.3) is 0 Å². The van der Waals surface area contributed by atoms with E-state index in [0.29, 0.717) is 28.4 Å². The number of nitrogens with zero attached hydrogens (tertiary/aromatic N) is 2. The van der Waals surface area contributed by atoms with Crippen LogP contribution in [0.1, 0.15) is 12.3 Å². The Morgan fingerprint density at radius 3 is 2.83 bits per heavy atom. The van der Waals surface area contributed by atoms with E-state index < -0.39 is 0 Å². The van der Waals surface area contributed by atoms with Gasteiger partial charge in [0.05, 0.1) is 22.5 Å². The van der Waals surface area contributed by atoms with Gasteiger partial charge in [-0.3, -0.25) is 9.59 Å². The van der Waals surface area contributed by atoms with Crippen LogP contribution in [0.15, 0.2) is 45.0 Å². The maximum absolute atomic E-state index is 12.0. The molecule has 0 aliphatic heterocycles. The third-order valence-corrected chi connectivity index (χ3v) is 4.89. The summed E-state index contributed by atoms with van der Waals surface area (Å²) in [5.74, 6) is 0.173. The van der Waals surface area contributed by atoms with Crippen LogP contribution in [0, 0.1) is 0 Å². The topological polar surface area (TPSA) is 146 Å². The predicted octanol–water partition coefficient (Wildman–Crippen LogP) is 1.66. The lowest BCUT2D eigenvalue weighted by Gasteiger charge is -2.06. The molecule has 0 saturated heterocycles. The van der Waals surface area contributed by atoms with Gasteiger partial charge in [-0.05, 0) is 29.6 Å². The highest BCUT2D eigenvalue weighted by Crippen LogP contribution is 2.21. The van der Waals surface area contributed by atoms with Crippen LogP contribution in [0.4, 0.5) is 5.69 Å². The number of fused-ring (bicyclic) bond motifs is 1. The van der Waals surface area contributed by atoms with Gasteiger partial charge in [-0.15, -0.1) is 11.3 Å². The average molecular weight is 412 g/mol. The van der Waals surface area contributed by atoms with Crippen molar-refractivity contribution in [2.75, 3.05) is 11.9 Å². The van der Waals surface area contributed by atoms with Crippen LogP contribution >= 0.6 is 11.3 Å². The Balaban J connectivity index is 1.23. The molecule has 0 radical (unpaired) electrons. The molecular formula is C18H16N6O4S. The summed E-state index contributed by atoms with van der Waals surface area (Å²) in [4.78, 5) is 45.6. The molecule has 0 aliphatic rings. The summed E-state index contributed by atoms with van der Waals surface area (Å²) >= 11 is 1.50. The fourth-order valence-electron chi connectivity index (χ4n) is 2.67. The minimum atomic E-state index is -0.381. The molecular weight excluding hydrogens is 396 g/mol. The summed E-state index contributed by atoms with van der Waals surface area (Å²) in [6, 6.07) is 8.75. The molecule has 3 heterocycles. The molecule has 0 fully saturated rings. The minimum Gasteiger partial charge on any atom is -0.347 e. The molecule has 0 atom stereocenters. The van der Waals surface area contributed by atoms with Crippen molar-refractivity contribution in [2.45, 2.75) is 12.8 Å². The normalized spacial score (nSPS) is 10.9. The van der Waals surface area contributed by atoms with Crippen LogP contribution in [-0.2, 0) is 16.0 Å². The van der Waals surface area contributed by atoms with E-state index in [9.17, 15) is 14.4 Å². The second kappa shape index (κ2) is 8.10. The molecule has 0 unspecified atom stereocenters. The maximum atomic E-state index is 12.0. The summed E-state index contributed by atoms with van der Waals surface area (Å²) in [7, 11) is 0. The zero-order valence-corrected chi connectivity index (χ0v) is 15.8. The molecule has 2 amide bonds. The number of aromatic amines is 2. The van der Waals surface area contributed by atoms with Crippen LogP contribution in [0.2, 0.25) is 0 Å². The highest BCUT2D eigenvalue weighted by molar-refractivity contribution is 7.13. The van der Waals surface area contributed by atoms with E-state index in [2.05, 4.69) is 30.7 Å². The first-order valence-corrected chi connectivity index (χ1v) is 9.60. The maximum Gasteiger partial charge on any atom is 0.323 e. The predicted molar refractivity (Wildman–Crippen MR) is 106 cm³/mol. The van der Waals surface area contributed by atoms with E-state index in [0.717, 1.165) is 4.88 Å². The molecule has 10 nitrogen and oxygen atoms in total. The second-order valence-corrected chi connectivity index (χ2v) is 7.10. The molecule has 3 aromatic heterocycles. The number of anilines is 1. The standard InChI is InChI=1S/C18H16N6O4S/c25-14(5-6-16-23-17(24-28-16)13-2-1-7-29-13)19-9-15(26)20-10-3-4-11-12(8-10)22-18(27)21-11/h1-4,7-8H,5-6,9H2,(H,19,25)(H,20,26)(H2,21,22,27). The van der Waals surface area contributed by atoms with Crippen molar-refractivity contribution >= 4 is 39.9 Å². The molecule has 11 heteroatoms. The van der Waals surface area contributed by atoms with Gasteiger partial charge in [-0.25, -0.2) is 4.79 Å². The molecule has 0 spiro atoms. The van der Waals surface area contributed by atoms with Crippen molar-refractivity contribution in [2.24, 2.45) is 0 Å². The summed E-state index contributed by atoms with van der Waals surface area (Å²) in [5, 5.41) is 11.0. The molecule has 0 aliphatic carbocycles. The van der Waals surface area contributed by atoms with E-state index in [1.165, 1.54) is 11.3 Å². The summed E-state index contributed by atoms with van der Waals surface area (Å²) in [6.07, 6.45) is 0.402. The highest BCUT2D eigenvalue weighted by Gasteiger charge is 2.12. The van der Waals surface area contributed by atoms with Crippen molar-refractivity contribution < 1.29 is 14.1 Å². The van der Waals surface area contributed by atoms with Crippen LogP contribution in [0.3, 0.4) is 0 Å². The Kier molecular flexibility index (Phi) is 5.20. The largest absolute Gasteiger partial charge is 0.347 e. The molecule has 29 heavy (non-hydrogen) atoms. The zero-order chi connectivity index (χ0) is 20.2. The number of carbonyl (C=O) groups is 2. The van der Waals surface area contributed by atoms with Gasteiger partial charge in [0, 0.05) is 18.5 Å². The number of imidazole rings is 1. The fourth-order valence-corrected chi connectivity index (χ4v) is 3.31. The Bertz CT molecular complexity index is 1210. The van der Waals surface area contributed by atoms with E-state index in [4.69, 9.17) is 4.52 Å². The fraction of sp³-hybridized carbons (Fsp3) is 0.167. The quantitative estimate of drug-likeness (QED) is 0.363. The van der Waals surface area contributed by atoms with Crippen LogP contribution in [0.25, 0.3) is 21.7 Å². The molecule has 0 saturated carbocycles. The Hall–Kier alpha value is -3.73. The van der Waals surface area contributed by atoms with E-state index in [1.54, 1.807) is 18.2 Å².